The molecule has 2 amide bonds. The molecule has 8 nitrogen and oxygen atoms in total. The first-order chi connectivity index (χ1) is 14.3. The van der Waals surface area contributed by atoms with Crippen molar-refractivity contribution in [2.24, 2.45) is 10.7 Å². The molecular weight excluding hydrogens is 403 g/mol. The summed E-state index contributed by atoms with van der Waals surface area (Å²) in [6, 6.07) is 5.68. The van der Waals surface area contributed by atoms with E-state index < -0.39 is 29.2 Å². The molecule has 0 saturated heterocycles. The molecule has 0 aromatic heterocycles. The molecule has 0 aliphatic heterocycles. The van der Waals surface area contributed by atoms with E-state index in [0.717, 1.165) is 6.42 Å². The van der Waals surface area contributed by atoms with Crippen LogP contribution < -0.4 is 11.1 Å². The predicted octanol–water partition coefficient (Wildman–Crippen LogP) is 4.18. The summed E-state index contributed by atoms with van der Waals surface area (Å²) in [6.07, 6.45) is -0.0364. The molecule has 1 aromatic rings. The highest BCUT2D eigenvalue weighted by Gasteiger charge is 2.28. The Kier molecular flexibility index (Phi) is 9.90. The van der Waals surface area contributed by atoms with Crippen molar-refractivity contribution < 1.29 is 23.5 Å². The number of carbonyl (C=O) groups excluding carboxylic acids is 2. The van der Waals surface area contributed by atoms with Crippen LogP contribution in [0.4, 0.5) is 14.0 Å². The number of nitrogens with two attached hydrogens (primary N) is 1. The number of rotatable bonds is 6. The van der Waals surface area contributed by atoms with Gasteiger partial charge in [-0.15, -0.1) is 0 Å². The van der Waals surface area contributed by atoms with E-state index in [9.17, 15) is 14.0 Å². The van der Waals surface area contributed by atoms with Crippen molar-refractivity contribution in [2.75, 3.05) is 13.1 Å². The number of benzene rings is 1. The lowest BCUT2D eigenvalue weighted by molar-refractivity contribution is 0.0347. The van der Waals surface area contributed by atoms with Gasteiger partial charge in [-0.2, -0.15) is 0 Å². The molecular formula is C22H35FN4O4. The van der Waals surface area contributed by atoms with Crippen molar-refractivity contribution in [3.8, 4) is 0 Å². The number of hydrogen-bond acceptors (Lipinski definition) is 6. The Balaban J connectivity index is 3.23. The molecule has 174 valence electrons. The van der Waals surface area contributed by atoms with Crippen LogP contribution in [-0.4, -0.2) is 47.3 Å². The van der Waals surface area contributed by atoms with Crippen LogP contribution in [0.5, 0.6) is 0 Å². The number of unbranched alkanes of at least 4 members (excludes halogenated alkanes) is 1. The summed E-state index contributed by atoms with van der Waals surface area (Å²) in [5, 5.41) is 2.56. The van der Waals surface area contributed by atoms with E-state index in [2.05, 4.69) is 10.3 Å². The summed E-state index contributed by atoms with van der Waals surface area (Å²) in [6.45, 7) is 11.3. The van der Waals surface area contributed by atoms with Crippen LogP contribution in [-0.2, 0) is 16.0 Å². The van der Waals surface area contributed by atoms with E-state index in [1.54, 1.807) is 53.7 Å². The Morgan fingerprint density at radius 3 is 2.13 bits per heavy atom. The lowest BCUT2D eigenvalue weighted by atomic mass is 10.2. The number of amides is 2. The van der Waals surface area contributed by atoms with Gasteiger partial charge in [-0.3, -0.25) is 10.3 Å². The molecule has 0 heterocycles. The van der Waals surface area contributed by atoms with Crippen molar-refractivity contribution in [2.45, 2.75) is 72.1 Å². The first-order valence-corrected chi connectivity index (χ1v) is 10.3. The summed E-state index contributed by atoms with van der Waals surface area (Å²) in [5.74, 6) is -0.403. The number of nitrogens with one attached hydrogen (secondary N) is 1. The SMILES string of the molecule is CC(C)(C)OC(=O)NC(=NCCCCN)N(Cc1ccc(F)cc1)C(=O)OC(C)(C)C. The summed E-state index contributed by atoms with van der Waals surface area (Å²) >= 11 is 0. The predicted molar refractivity (Wildman–Crippen MR) is 118 cm³/mol. The fraction of sp³-hybridized carbons (Fsp3) is 0.591. The van der Waals surface area contributed by atoms with Crippen LogP contribution >= 0.6 is 0 Å². The maximum absolute atomic E-state index is 13.3. The highest BCUT2D eigenvalue weighted by atomic mass is 19.1. The normalized spacial score (nSPS) is 12.3. The van der Waals surface area contributed by atoms with Gasteiger partial charge in [0.05, 0.1) is 6.54 Å². The summed E-state index contributed by atoms with van der Waals surface area (Å²) < 4.78 is 24.1. The Morgan fingerprint density at radius 2 is 1.61 bits per heavy atom. The van der Waals surface area contributed by atoms with Gasteiger partial charge >= 0.3 is 12.2 Å². The third-order valence-corrected chi connectivity index (χ3v) is 3.61. The van der Waals surface area contributed by atoms with Crippen LogP contribution in [0.25, 0.3) is 0 Å². The molecule has 3 N–H and O–H groups in total. The minimum atomic E-state index is -0.769. The number of halogens is 1. The molecule has 0 bridgehead atoms. The Hall–Kier alpha value is -2.68. The van der Waals surface area contributed by atoms with Gasteiger partial charge in [-0.1, -0.05) is 12.1 Å². The van der Waals surface area contributed by atoms with Crippen LogP contribution in [0.3, 0.4) is 0 Å². The van der Waals surface area contributed by atoms with Crippen molar-refractivity contribution in [3.63, 3.8) is 0 Å². The maximum Gasteiger partial charge on any atom is 0.417 e. The molecule has 1 rings (SSSR count). The zero-order valence-electron chi connectivity index (χ0n) is 19.3. The second kappa shape index (κ2) is 11.6. The third-order valence-electron chi connectivity index (χ3n) is 3.61. The molecule has 31 heavy (non-hydrogen) atoms. The van der Waals surface area contributed by atoms with Crippen LogP contribution in [0.15, 0.2) is 29.3 Å². The lowest BCUT2D eigenvalue weighted by Crippen LogP contribution is -2.49. The second-order valence-electron chi connectivity index (χ2n) is 9.02. The van der Waals surface area contributed by atoms with E-state index in [-0.39, 0.29) is 12.5 Å². The molecule has 0 radical (unpaired) electrons. The molecule has 1 aromatic carbocycles. The van der Waals surface area contributed by atoms with E-state index in [4.69, 9.17) is 15.2 Å². The fourth-order valence-electron chi connectivity index (χ4n) is 2.34. The number of nitrogens with zero attached hydrogens (tertiary/aromatic N) is 2. The van der Waals surface area contributed by atoms with Gasteiger partial charge in [0.2, 0.25) is 5.96 Å². The lowest BCUT2D eigenvalue weighted by Gasteiger charge is -2.29. The number of alkyl carbamates (subject to hydrolysis) is 1. The number of aliphatic imine (C=N–C) groups is 1. The van der Waals surface area contributed by atoms with Gasteiger partial charge in [0.1, 0.15) is 17.0 Å². The topological polar surface area (TPSA) is 106 Å². The van der Waals surface area contributed by atoms with Gasteiger partial charge in [-0.25, -0.2) is 18.9 Å². The number of hydrogen-bond donors (Lipinski definition) is 2. The Bertz CT molecular complexity index is 752. The summed E-state index contributed by atoms with van der Waals surface area (Å²) in [4.78, 5) is 31.0. The minimum absolute atomic E-state index is 0.00940. The molecule has 0 fully saturated rings. The number of guanidine groups is 1. The largest absolute Gasteiger partial charge is 0.444 e. The van der Waals surface area contributed by atoms with Crippen molar-refractivity contribution in [3.05, 3.63) is 35.6 Å². The van der Waals surface area contributed by atoms with E-state index in [0.29, 0.717) is 25.1 Å². The maximum atomic E-state index is 13.3. The van der Waals surface area contributed by atoms with Crippen molar-refractivity contribution in [1.82, 2.24) is 10.2 Å². The van der Waals surface area contributed by atoms with Crippen molar-refractivity contribution in [1.29, 1.82) is 0 Å². The van der Waals surface area contributed by atoms with Gasteiger partial charge in [0.25, 0.3) is 0 Å². The van der Waals surface area contributed by atoms with Gasteiger partial charge < -0.3 is 15.2 Å². The summed E-state index contributed by atoms with van der Waals surface area (Å²) in [5.41, 5.74) is 4.66. The highest BCUT2D eigenvalue weighted by Crippen LogP contribution is 2.15. The first kappa shape index (κ1) is 26.4. The summed E-state index contributed by atoms with van der Waals surface area (Å²) in [7, 11) is 0. The molecule has 0 atom stereocenters. The Morgan fingerprint density at radius 1 is 1.03 bits per heavy atom. The highest BCUT2D eigenvalue weighted by molar-refractivity contribution is 6.01. The smallest absolute Gasteiger partial charge is 0.417 e. The zero-order valence-corrected chi connectivity index (χ0v) is 19.3. The Labute approximate surface area is 184 Å². The molecule has 0 saturated carbocycles. The van der Waals surface area contributed by atoms with Crippen molar-refractivity contribution >= 4 is 18.1 Å². The van der Waals surface area contributed by atoms with Crippen LogP contribution in [0.2, 0.25) is 0 Å². The first-order valence-electron chi connectivity index (χ1n) is 10.3. The second-order valence-corrected chi connectivity index (χ2v) is 9.02. The van der Waals surface area contributed by atoms with Gasteiger partial charge in [0.15, 0.2) is 0 Å². The number of ether oxygens (including phenoxy) is 2. The molecule has 0 aliphatic rings. The standard InChI is InChI=1S/C22H35FN4O4/c1-21(2,3)30-19(28)26-18(25-14-8-7-13-24)27(20(29)31-22(4,5)6)15-16-9-11-17(23)12-10-16/h9-12H,7-8,13-15,24H2,1-6H3,(H,25,26,28). The zero-order chi connectivity index (χ0) is 23.7. The van der Waals surface area contributed by atoms with E-state index >= 15 is 0 Å². The van der Waals surface area contributed by atoms with Gasteiger partial charge in [-0.05, 0) is 78.6 Å². The monoisotopic (exact) mass is 438 g/mol. The average molecular weight is 439 g/mol. The number of carbonyl (C=O) groups is 2. The fourth-order valence-corrected chi connectivity index (χ4v) is 2.34. The average Bonchev–Trinajstić information content (AvgIpc) is 2.61. The van der Waals surface area contributed by atoms with Gasteiger partial charge in [0, 0.05) is 6.54 Å². The minimum Gasteiger partial charge on any atom is -0.444 e. The third kappa shape index (κ3) is 11.3. The molecule has 9 heteroatoms. The quantitative estimate of drug-likeness (QED) is 0.394. The van der Waals surface area contributed by atoms with Crippen LogP contribution in [0.1, 0.15) is 59.9 Å². The van der Waals surface area contributed by atoms with E-state index in [1.165, 1.54) is 17.0 Å². The molecule has 0 spiro atoms. The molecule has 0 unspecified atom stereocenters. The van der Waals surface area contributed by atoms with E-state index in [1.807, 2.05) is 0 Å². The van der Waals surface area contributed by atoms with Crippen LogP contribution in [0, 0.1) is 5.82 Å². The molecule has 0 aliphatic carbocycles.